The third kappa shape index (κ3) is 1.15. The standard InChI is InChI=1S/C9H6N2O3/c12-5-9-8-2-1-7(11(13)14)3-6(8)4-10-9/h1-5,10H. The number of rotatable bonds is 2. The number of non-ortho nitro benzene ring substituents is 1. The van der Waals surface area contributed by atoms with Gasteiger partial charge in [-0.25, -0.2) is 0 Å². The molecule has 0 radical (unpaired) electrons. The molecule has 0 aliphatic rings. The van der Waals surface area contributed by atoms with Crippen molar-refractivity contribution in [2.75, 3.05) is 0 Å². The number of nitro benzene ring substituents is 1. The van der Waals surface area contributed by atoms with Gasteiger partial charge in [-0.3, -0.25) is 14.9 Å². The zero-order chi connectivity index (χ0) is 10.1. The number of nitrogens with one attached hydrogen (secondary N) is 1. The summed E-state index contributed by atoms with van der Waals surface area (Å²) >= 11 is 0. The van der Waals surface area contributed by atoms with Crippen LogP contribution in [0.5, 0.6) is 0 Å². The lowest BCUT2D eigenvalue weighted by Gasteiger charge is -1.91. The summed E-state index contributed by atoms with van der Waals surface area (Å²) in [6, 6.07) is 4.37. The Morgan fingerprint density at radius 2 is 2.21 bits per heavy atom. The molecule has 1 heterocycles. The van der Waals surface area contributed by atoms with Crippen LogP contribution in [0.15, 0.2) is 24.4 Å². The van der Waals surface area contributed by atoms with Gasteiger partial charge in [0.1, 0.15) is 0 Å². The monoisotopic (exact) mass is 190 g/mol. The second kappa shape index (κ2) is 2.95. The van der Waals surface area contributed by atoms with Gasteiger partial charge in [0.25, 0.3) is 5.69 Å². The molecule has 0 unspecified atom stereocenters. The van der Waals surface area contributed by atoms with E-state index in [0.29, 0.717) is 22.8 Å². The van der Waals surface area contributed by atoms with E-state index in [-0.39, 0.29) is 5.69 Å². The molecule has 0 aliphatic heterocycles. The summed E-state index contributed by atoms with van der Waals surface area (Å²) in [5.41, 5.74) is 0.462. The number of hydrogen-bond donors (Lipinski definition) is 1. The minimum atomic E-state index is -0.465. The van der Waals surface area contributed by atoms with Crippen molar-refractivity contribution in [1.29, 1.82) is 0 Å². The molecular weight excluding hydrogens is 184 g/mol. The molecule has 0 saturated heterocycles. The number of nitro groups is 1. The minimum absolute atomic E-state index is 0.0222. The van der Waals surface area contributed by atoms with Gasteiger partial charge in [-0.15, -0.1) is 0 Å². The first kappa shape index (κ1) is 8.43. The van der Waals surface area contributed by atoms with Crippen LogP contribution >= 0.6 is 0 Å². The second-order valence-electron chi connectivity index (χ2n) is 2.85. The molecule has 70 valence electrons. The predicted molar refractivity (Wildman–Crippen MR) is 50.3 cm³/mol. The Morgan fingerprint density at radius 3 is 2.86 bits per heavy atom. The fraction of sp³-hybridized carbons (Fsp3) is 0. The summed E-state index contributed by atoms with van der Waals surface area (Å²) < 4.78 is 0. The number of fused-ring (bicyclic) bond motifs is 1. The first-order valence-corrected chi connectivity index (χ1v) is 3.93. The van der Waals surface area contributed by atoms with Gasteiger partial charge in [0.05, 0.1) is 10.6 Å². The highest BCUT2D eigenvalue weighted by Crippen LogP contribution is 2.22. The molecule has 1 aromatic heterocycles. The number of aromatic nitrogens is 1. The molecule has 5 heteroatoms. The Hall–Kier alpha value is -2.17. The fourth-order valence-corrected chi connectivity index (χ4v) is 1.36. The SMILES string of the molecule is O=Cc1[nH]cc2cc([N+](=O)[O-])ccc12. The van der Waals surface area contributed by atoms with E-state index in [2.05, 4.69) is 4.98 Å². The van der Waals surface area contributed by atoms with Crippen molar-refractivity contribution in [3.8, 4) is 0 Å². The highest BCUT2D eigenvalue weighted by molar-refractivity contribution is 5.97. The maximum Gasteiger partial charge on any atom is 0.270 e. The quantitative estimate of drug-likeness (QED) is 0.446. The Bertz CT molecular complexity index is 516. The number of carbonyl (C=O) groups excluding carboxylic acids is 1. The maximum absolute atomic E-state index is 10.5. The molecule has 0 amide bonds. The van der Waals surface area contributed by atoms with Crippen LogP contribution < -0.4 is 0 Å². The summed E-state index contributed by atoms with van der Waals surface area (Å²) in [6.45, 7) is 0. The molecule has 0 spiro atoms. The number of aldehydes is 1. The molecule has 0 atom stereocenters. The molecule has 0 fully saturated rings. The third-order valence-corrected chi connectivity index (χ3v) is 2.04. The van der Waals surface area contributed by atoms with Crippen LogP contribution in [0.4, 0.5) is 5.69 Å². The summed E-state index contributed by atoms with van der Waals surface area (Å²) in [5, 5.41) is 11.8. The van der Waals surface area contributed by atoms with E-state index in [1.54, 1.807) is 12.3 Å². The van der Waals surface area contributed by atoms with Gasteiger partial charge in [-0.2, -0.15) is 0 Å². The average Bonchev–Trinajstić information content (AvgIpc) is 2.59. The van der Waals surface area contributed by atoms with Gasteiger partial charge in [0.15, 0.2) is 6.29 Å². The van der Waals surface area contributed by atoms with Crippen LogP contribution in [0.3, 0.4) is 0 Å². The van der Waals surface area contributed by atoms with Gasteiger partial charge >= 0.3 is 0 Å². The van der Waals surface area contributed by atoms with Crippen LogP contribution in [-0.4, -0.2) is 16.2 Å². The molecule has 1 aromatic carbocycles. The molecule has 5 nitrogen and oxygen atoms in total. The van der Waals surface area contributed by atoms with Crippen LogP contribution in [-0.2, 0) is 0 Å². The molecule has 1 N–H and O–H groups in total. The molecule has 0 saturated carbocycles. The first-order valence-electron chi connectivity index (χ1n) is 3.93. The van der Waals surface area contributed by atoms with E-state index >= 15 is 0 Å². The molecule has 0 aliphatic carbocycles. The predicted octanol–water partition coefficient (Wildman–Crippen LogP) is 1.89. The van der Waals surface area contributed by atoms with E-state index < -0.39 is 4.92 Å². The molecule has 0 bridgehead atoms. The number of nitrogens with zero attached hydrogens (tertiary/aromatic N) is 1. The Morgan fingerprint density at radius 1 is 1.43 bits per heavy atom. The van der Waals surface area contributed by atoms with Crippen molar-refractivity contribution < 1.29 is 9.72 Å². The van der Waals surface area contributed by atoms with Crippen molar-refractivity contribution in [2.24, 2.45) is 0 Å². The zero-order valence-electron chi connectivity index (χ0n) is 7.06. The summed E-state index contributed by atoms with van der Waals surface area (Å²) in [7, 11) is 0. The molecule has 14 heavy (non-hydrogen) atoms. The Labute approximate surface area is 78.5 Å². The lowest BCUT2D eigenvalue weighted by atomic mass is 10.2. The van der Waals surface area contributed by atoms with Crippen LogP contribution in [0, 0.1) is 10.1 Å². The number of carbonyl (C=O) groups is 1. The van der Waals surface area contributed by atoms with Crippen molar-refractivity contribution in [2.45, 2.75) is 0 Å². The van der Waals surface area contributed by atoms with Crippen LogP contribution in [0.2, 0.25) is 0 Å². The third-order valence-electron chi connectivity index (χ3n) is 2.04. The van der Waals surface area contributed by atoms with Gasteiger partial charge in [0, 0.05) is 29.1 Å². The maximum atomic E-state index is 10.5. The topological polar surface area (TPSA) is 76.0 Å². The highest BCUT2D eigenvalue weighted by Gasteiger charge is 2.08. The Balaban J connectivity index is 2.68. The van der Waals surface area contributed by atoms with E-state index in [1.807, 2.05) is 0 Å². The average molecular weight is 190 g/mol. The van der Waals surface area contributed by atoms with E-state index in [0.717, 1.165) is 0 Å². The van der Waals surface area contributed by atoms with Crippen molar-refractivity contribution >= 4 is 22.7 Å². The Kier molecular flexibility index (Phi) is 1.78. The van der Waals surface area contributed by atoms with Crippen molar-refractivity contribution in [1.82, 2.24) is 4.98 Å². The normalized spacial score (nSPS) is 10.3. The largest absolute Gasteiger partial charge is 0.358 e. The van der Waals surface area contributed by atoms with Crippen LogP contribution in [0.1, 0.15) is 10.5 Å². The van der Waals surface area contributed by atoms with Gasteiger partial charge in [0.2, 0.25) is 0 Å². The first-order chi connectivity index (χ1) is 6.72. The molecular formula is C9H6N2O3. The molecule has 2 rings (SSSR count). The second-order valence-corrected chi connectivity index (χ2v) is 2.85. The number of aromatic amines is 1. The van der Waals surface area contributed by atoms with E-state index in [9.17, 15) is 14.9 Å². The number of benzene rings is 1. The summed E-state index contributed by atoms with van der Waals surface area (Å²) in [4.78, 5) is 23.3. The van der Waals surface area contributed by atoms with Crippen molar-refractivity contribution in [3.05, 3.63) is 40.2 Å². The number of H-pyrrole nitrogens is 1. The number of hydrogen-bond acceptors (Lipinski definition) is 3. The molecule has 2 aromatic rings. The minimum Gasteiger partial charge on any atom is -0.358 e. The van der Waals surface area contributed by atoms with Gasteiger partial charge < -0.3 is 4.98 Å². The van der Waals surface area contributed by atoms with Gasteiger partial charge in [-0.1, -0.05) is 0 Å². The van der Waals surface area contributed by atoms with Crippen LogP contribution in [0.25, 0.3) is 10.8 Å². The lowest BCUT2D eigenvalue weighted by Crippen LogP contribution is -1.86. The van der Waals surface area contributed by atoms with Gasteiger partial charge in [-0.05, 0) is 6.07 Å². The highest BCUT2D eigenvalue weighted by atomic mass is 16.6. The smallest absolute Gasteiger partial charge is 0.270 e. The van der Waals surface area contributed by atoms with E-state index in [1.165, 1.54) is 12.1 Å². The fourth-order valence-electron chi connectivity index (χ4n) is 1.36. The lowest BCUT2D eigenvalue weighted by molar-refractivity contribution is -0.384. The summed E-state index contributed by atoms with van der Waals surface area (Å²) in [5.74, 6) is 0. The van der Waals surface area contributed by atoms with Crippen molar-refractivity contribution in [3.63, 3.8) is 0 Å². The summed E-state index contributed by atoms with van der Waals surface area (Å²) in [6.07, 6.45) is 2.26. The zero-order valence-corrected chi connectivity index (χ0v) is 7.06. The van der Waals surface area contributed by atoms with E-state index in [4.69, 9.17) is 0 Å².